The number of amides is 1. The number of methoxy groups -OCH3 is 1. The molecular weight excluding hydrogens is 336 g/mol. The molecule has 1 aromatic heterocycles. The minimum absolute atomic E-state index is 0.179. The number of hydrogen-bond acceptors (Lipinski definition) is 5. The molecule has 1 saturated heterocycles. The Morgan fingerprint density at radius 3 is 2.36 bits per heavy atom. The fraction of sp³-hybridized carbons (Fsp3) is 0.368. The number of likely N-dealkylation sites (tertiary alicyclic amines) is 1. The molecule has 0 unspecified atom stereocenters. The predicted octanol–water partition coefficient (Wildman–Crippen LogP) is 3.06. The zero-order chi connectivity index (χ0) is 17.6. The van der Waals surface area contributed by atoms with E-state index in [-0.39, 0.29) is 5.91 Å². The van der Waals surface area contributed by atoms with Gasteiger partial charge in [-0.15, -0.1) is 11.3 Å². The van der Waals surface area contributed by atoms with E-state index in [0.29, 0.717) is 16.3 Å². The largest absolute Gasteiger partial charge is 0.465 e. The van der Waals surface area contributed by atoms with Gasteiger partial charge in [-0.25, -0.2) is 4.79 Å². The molecule has 0 radical (unpaired) electrons. The van der Waals surface area contributed by atoms with Crippen molar-refractivity contribution in [3.05, 3.63) is 57.3 Å². The van der Waals surface area contributed by atoms with E-state index in [1.165, 1.54) is 38.6 Å². The van der Waals surface area contributed by atoms with Crippen LogP contribution in [0.5, 0.6) is 0 Å². The molecule has 2 aromatic rings. The lowest BCUT2D eigenvalue weighted by atomic mass is 10.1. The first-order valence-electron chi connectivity index (χ1n) is 8.42. The summed E-state index contributed by atoms with van der Waals surface area (Å²) in [5, 5.41) is 2.89. The number of esters is 1. The van der Waals surface area contributed by atoms with E-state index in [4.69, 9.17) is 0 Å². The molecule has 25 heavy (non-hydrogen) atoms. The van der Waals surface area contributed by atoms with Gasteiger partial charge in [0.25, 0.3) is 5.91 Å². The van der Waals surface area contributed by atoms with Gasteiger partial charge in [-0.05, 0) is 49.2 Å². The summed E-state index contributed by atoms with van der Waals surface area (Å²) in [5.74, 6) is -0.598. The van der Waals surface area contributed by atoms with Gasteiger partial charge < -0.3 is 10.1 Å². The number of carbonyl (C=O) groups excluding carboxylic acids is 2. The number of nitrogens with one attached hydrogen (secondary N) is 1. The van der Waals surface area contributed by atoms with Gasteiger partial charge in [0.15, 0.2) is 0 Å². The zero-order valence-corrected chi connectivity index (χ0v) is 15.1. The predicted molar refractivity (Wildman–Crippen MR) is 97.8 cm³/mol. The molecule has 0 atom stereocenters. The number of hydrogen-bond donors (Lipinski definition) is 1. The monoisotopic (exact) mass is 358 g/mol. The molecule has 1 N–H and O–H groups in total. The third kappa shape index (κ3) is 4.67. The van der Waals surface area contributed by atoms with E-state index < -0.39 is 5.97 Å². The second-order valence-corrected chi connectivity index (χ2v) is 7.22. The van der Waals surface area contributed by atoms with Gasteiger partial charge in [0.1, 0.15) is 4.88 Å². The lowest BCUT2D eigenvalue weighted by Gasteiger charge is -2.14. The molecular formula is C19H22N2O3S. The van der Waals surface area contributed by atoms with E-state index in [1.807, 2.05) is 0 Å². The second kappa shape index (κ2) is 8.27. The Bertz CT molecular complexity index is 733. The molecule has 0 saturated carbocycles. The summed E-state index contributed by atoms with van der Waals surface area (Å²) >= 11 is 1.14. The van der Waals surface area contributed by atoms with E-state index in [0.717, 1.165) is 23.4 Å². The second-order valence-electron chi connectivity index (χ2n) is 6.14. The number of thiophene rings is 1. The van der Waals surface area contributed by atoms with Crippen LogP contribution in [0.3, 0.4) is 0 Å². The Morgan fingerprint density at radius 2 is 1.68 bits per heavy atom. The number of carbonyl (C=O) groups is 2. The summed E-state index contributed by atoms with van der Waals surface area (Å²) < 4.78 is 4.65. The van der Waals surface area contributed by atoms with Crippen LogP contribution in [0.15, 0.2) is 36.4 Å². The molecule has 6 heteroatoms. The van der Waals surface area contributed by atoms with Crippen LogP contribution >= 0.6 is 11.3 Å². The van der Waals surface area contributed by atoms with Crippen LogP contribution in [0.4, 0.5) is 0 Å². The molecule has 0 aliphatic carbocycles. The SMILES string of the molecule is COC(=O)c1ccc(C(=O)NCc2ccc(CN3CCCC3)cc2)s1. The minimum atomic E-state index is -0.419. The number of nitrogens with zero attached hydrogens (tertiary/aromatic N) is 1. The molecule has 132 valence electrons. The van der Waals surface area contributed by atoms with Crippen LogP contribution in [0.25, 0.3) is 0 Å². The van der Waals surface area contributed by atoms with Gasteiger partial charge in [-0.1, -0.05) is 24.3 Å². The average molecular weight is 358 g/mol. The minimum Gasteiger partial charge on any atom is -0.465 e. The van der Waals surface area contributed by atoms with E-state index >= 15 is 0 Å². The number of ether oxygens (including phenoxy) is 1. The van der Waals surface area contributed by atoms with Gasteiger partial charge >= 0.3 is 5.97 Å². The summed E-state index contributed by atoms with van der Waals surface area (Å²) in [6, 6.07) is 11.6. The van der Waals surface area contributed by atoms with Gasteiger partial charge in [0, 0.05) is 13.1 Å². The van der Waals surface area contributed by atoms with Gasteiger partial charge in [-0.3, -0.25) is 9.69 Å². The van der Waals surface area contributed by atoms with Gasteiger partial charge in [0.05, 0.1) is 12.0 Å². The first-order chi connectivity index (χ1) is 12.2. The van der Waals surface area contributed by atoms with Crippen molar-refractivity contribution in [2.45, 2.75) is 25.9 Å². The molecule has 1 aliphatic heterocycles. The fourth-order valence-electron chi connectivity index (χ4n) is 2.90. The van der Waals surface area contributed by atoms with Crippen molar-refractivity contribution < 1.29 is 14.3 Å². The maximum absolute atomic E-state index is 12.2. The van der Waals surface area contributed by atoms with Crippen molar-refractivity contribution in [1.82, 2.24) is 10.2 Å². The Morgan fingerprint density at radius 1 is 1.04 bits per heavy atom. The highest BCUT2D eigenvalue weighted by Gasteiger charge is 2.14. The number of benzene rings is 1. The van der Waals surface area contributed by atoms with E-state index in [9.17, 15) is 9.59 Å². The highest BCUT2D eigenvalue weighted by molar-refractivity contribution is 7.15. The molecule has 1 aliphatic rings. The molecule has 0 bridgehead atoms. The van der Waals surface area contributed by atoms with Crippen LogP contribution in [0, 0.1) is 0 Å². The third-order valence-electron chi connectivity index (χ3n) is 4.30. The Balaban J connectivity index is 1.51. The highest BCUT2D eigenvalue weighted by atomic mass is 32.1. The molecule has 5 nitrogen and oxygen atoms in total. The zero-order valence-electron chi connectivity index (χ0n) is 14.3. The normalized spacial score (nSPS) is 14.4. The van der Waals surface area contributed by atoms with Crippen molar-refractivity contribution in [2.24, 2.45) is 0 Å². The van der Waals surface area contributed by atoms with Crippen LogP contribution < -0.4 is 5.32 Å². The smallest absolute Gasteiger partial charge is 0.348 e. The summed E-state index contributed by atoms with van der Waals surface area (Å²) in [7, 11) is 1.33. The quantitative estimate of drug-likeness (QED) is 0.807. The molecule has 2 heterocycles. The highest BCUT2D eigenvalue weighted by Crippen LogP contribution is 2.17. The van der Waals surface area contributed by atoms with Crippen LogP contribution in [0.2, 0.25) is 0 Å². The standard InChI is InChI=1S/C19H22N2O3S/c1-24-19(23)17-9-8-16(25-17)18(22)20-12-14-4-6-15(7-5-14)13-21-10-2-3-11-21/h4-9H,2-3,10-13H2,1H3,(H,20,22). The van der Waals surface area contributed by atoms with Crippen molar-refractivity contribution in [3.63, 3.8) is 0 Å². The lowest BCUT2D eigenvalue weighted by molar-refractivity contribution is 0.0606. The van der Waals surface area contributed by atoms with Crippen LogP contribution in [-0.2, 0) is 17.8 Å². The molecule has 1 fully saturated rings. The van der Waals surface area contributed by atoms with Crippen molar-refractivity contribution in [1.29, 1.82) is 0 Å². The first kappa shape index (κ1) is 17.6. The topological polar surface area (TPSA) is 58.6 Å². The first-order valence-corrected chi connectivity index (χ1v) is 9.24. The lowest BCUT2D eigenvalue weighted by Crippen LogP contribution is -2.22. The molecule has 0 spiro atoms. The number of rotatable bonds is 6. The fourth-order valence-corrected chi connectivity index (χ4v) is 3.74. The summed E-state index contributed by atoms with van der Waals surface area (Å²) in [6.45, 7) is 3.84. The Labute approximate surface area is 151 Å². The molecule has 1 aromatic carbocycles. The average Bonchev–Trinajstić information content (AvgIpc) is 3.32. The van der Waals surface area contributed by atoms with Crippen molar-refractivity contribution >= 4 is 23.2 Å². The van der Waals surface area contributed by atoms with E-state index in [1.54, 1.807) is 12.1 Å². The summed E-state index contributed by atoms with van der Waals surface area (Å²) in [5.41, 5.74) is 2.36. The Kier molecular flexibility index (Phi) is 5.83. The molecule has 1 amide bonds. The van der Waals surface area contributed by atoms with Crippen molar-refractivity contribution in [2.75, 3.05) is 20.2 Å². The van der Waals surface area contributed by atoms with Gasteiger partial charge in [-0.2, -0.15) is 0 Å². The molecule has 3 rings (SSSR count). The maximum Gasteiger partial charge on any atom is 0.348 e. The Hall–Kier alpha value is -2.18. The van der Waals surface area contributed by atoms with Crippen LogP contribution in [0.1, 0.15) is 43.3 Å². The van der Waals surface area contributed by atoms with Gasteiger partial charge in [0.2, 0.25) is 0 Å². The van der Waals surface area contributed by atoms with Crippen LogP contribution in [-0.4, -0.2) is 37.0 Å². The summed E-state index contributed by atoms with van der Waals surface area (Å²) in [4.78, 5) is 27.0. The van der Waals surface area contributed by atoms with Crippen molar-refractivity contribution in [3.8, 4) is 0 Å². The summed E-state index contributed by atoms with van der Waals surface area (Å²) in [6.07, 6.45) is 2.59. The van der Waals surface area contributed by atoms with E-state index in [2.05, 4.69) is 39.2 Å². The third-order valence-corrected chi connectivity index (χ3v) is 5.36. The maximum atomic E-state index is 12.2.